The predicted octanol–water partition coefficient (Wildman–Crippen LogP) is 3.90. The van der Waals surface area contributed by atoms with Gasteiger partial charge in [0.1, 0.15) is 5.75 Å². The summed E-state index contributed by atoms with van der Waals surface area (Å²) in [6, 6.07) is 17.3. The van der Waals surface area contributed by atoms with Crippen molar-refractivity contribution in [1.29, 1.82) is 0 Å². The van der Waals surface area contributed by atoms with E-state index in [1.807, 2.05) is 12.1 Å². The zero-order chi connectivity index (χ0) is 14.4. The predicted molar refractivity (Wildman–Crippen MR) is 84.3 cm³/mol. The van der Waals surface area contributed by atoms with Crippen LogP contribution in [0.5, 0.6) is 5.75 Å². The Morgan fingerprint density at radius 1 is 1.05 bits per heavy atom. The van der Waals surface area contributed by atoms with Gasteiger partial charge in [0.2, 0.25) is 0 Å². The molecule has 1 atom stereocenters. The lowest BCUT2D eigenvalue weighted by Crippen LogP contribution is -2.23. The minimum Gasteiger partial charge on any atom is -0.496 e. The summed E-state index contributed by atoms with van der Waals surface area (Å²) in [6.45, 7) is 5.21. The van der Waals surface area contributed by atoms with Crippen LogP contribution in [0.4, 0.5) is 0 Å². The summed E-state index contributed by atoms with van der Waals surface area (Å²) in [5.41, 5.74) is 3.85. The Kier molecular flexibility index (Phi) is 5.19. The first-order valence-corrected chi connectivity index (χ1v) is 7.16. The molecule has 2 nitrogen and oxygen atoms in total. The zero-order valence-electron chi connectivity index (χ0n) is 12.5. The van der Waals surface area contributed by atoms with Gasteiger partial charge in [0.25, 0.3) is 0 Å². The highest BCUT2D eigenvalue weighted by Gasteiger charge is 2.13. The monoisotopic (exact) mass is 269 g/mol. The topological polar surface area (TPSA) is 21.3 Å². The Hall–Kier alpha value is -1.80. The smallest absolute Gasteiger partial charge is 0.122 e. The molecule has 106 valence electrons. The Morgan fingerprint density at radius 2 is 1.75 bits per heavy atom. The molecule has 1 N–H and O–H groups in total. The number of likely N-dealkylation sites (N-methyl/N-ethyl adjacent to an activating group) is 1. The number of para-hydroxylation sites is 1. The number of rotatable bonds is 6. The molecule has 0 bridgehead atoms. The number of benzene rings is 2. The van der Waals surface area contributed by atoms with E-state index in [4.69, 9.17) is 4.74 Å². The van der Waals surface area contributed by atoms with Gasteiger partial charge in [-0.2, -0.15) is 0 Å². The average molecular weight is 269 g/mol. The first-order valence-electron chi connectivity index (χ1n) is 7.16. The van der Waals surface area contributed by atoms with Crippen LogP contribution in [-0.4, -0.2) is 13.7 Å². The molecule has 0 spiro atoms. The fraction of sp³-hybridized carbons (Fsp3) is 0.333. The second kappa shape index (κ2) is 7.11. The van der Waals surface area contributed by atoms with Crippen molar-refractivity contribution < 1.29 is 4.74 Å². The molecule has 0 fully saturated rings. The average Bonchev–Trinajstić information content (AvgIpc) is 2.48. The van der Waals surface area contributed by atoms with Crippen molar-refractivity contribution in [2.45, 2.75) is 26.3 Å². The summed E-state index contributed by atoms with van der Waals surface area (Å²) in [5, 5.41) is 3.56. The van der Waals surface area contributed by atoms with E-state index in [9.17, 15) is 0 Å². The number of hydrogen-bond acceptors (Lipinski definition) is 2. The van der Waals surface area contributed by atoms with Crippen molar-refractivity contribution in [3.63, 3.8) is 0 Å². The quantitative estimate of drug-likeness (QED) is 0.859. The fourth-order valence-electron chi connectivity index (χ4n) is 2.44. The number of methoxy groups -OCH3 is 1. The first kappa shape index (κ1) is 14.6. The van der Waals surface area contributed by atoms with E-state index in [1.54, 1.807) is 7.11 Å². The second-order valence-electron chi connectivity index (χ2n) is 5.04. The molecule has 2 aromatic rings. The Labute approximate surface area is 121 Å². The molecule has 20 heavy (non-hydrogen) atoms. The van der Waals surface area contributed by atoms with Gasteiger partial charge < -0.3 is 10.1 Å². The lowest BCUT2D eigenvalue weighted by atomic mass is 9.97. The number of aryl methyl sites for hydroxylation is 1. The van der Waals surface area contributed by atoms with E-state index in [-0.39, 0.29) is 0 Å². The van der Waals surface area contributed by atoms with Crippen molar-refractivity contribution in [3.05, 3.63) is 65.2 Å². The maximum atomic E-state index is 5.45. The van der Waals surface area contributed by atoms with Gasteiger partial charge in [0.05, 0.1) is 7.11 Å². The van der Waals surface area contributed by atoms with Gasteiger partial charge >= 0.3 is 0 Å². The first-order chi connectivity index (χ1) is 9.74. The maximum Gasteiger partial charge on any atom is 0.122 e. The second-order valence-corrected chi connectivity index (χ2v) is 5.04. The third-order valence-corrected chi connectivity index (χ3v) is 3.55. The molecule has 1 unspecified atom stereocenters. The van der Waals surface area contributed by atoms with E-state index in [1.165, 1.54) is 16.7 Å². The Bertz CT molecular complexity index is 533. The molecule has 0 heterocycles. The van der Waals surface area contributed by atoms with Gasteiger partial charge in [-0.1, -0.05) is 55.0 Å². The van der Waals surface area contributed by atoms with Crippen LogP contribution in [0, 0.1) is 6.92 Å². The highest BCUT2D eigenvalue weighted by molar-refractivity contribution is 5.35. The summed E-state index contributed by atoms with van der Waals surface area (Å²) in [4.78, 5) is 0. The van der Waals surface area contributed by atoms with Crippen LogP contribution in [0.1, 0.15) is 29.7 Å². The van der Waals surface area contributed by atoms with Gasteiger partial charge in [-0.05, 0) is 37.1 Å². The van der Waals surface area contributed by atoms with Crippen LogP contribution in [0.15, 0.2) is 48.5 Å². The SMILES string of the molecule is CCNC(Cc1ccccc1OC)c1ccc(C)cc1. The minimum absolute atomic E-state index is 0.317. The molecule has 0 amide bonds. The summed E-state index contributed by atoms with van der Waals surface area (Å²) >= 11 is 0. The van der Waals surface area contributed by atoms with Crippen LogP contribution in [0.3, 0.4) is 0 Å². The van der Waals surface area contributed by atoms with Crippen LogP contribution < -0.4 is 10.1 Å². The normalized spacial score (nSPS) is 12.2. The molecule has 0 aliphatic carbocycles. The molecule has 2 heteroatoms. The highest BCUT2D eigenvalue weighted by atomic mass is 16.5. The van der Waals surface area contributed by atoms with E-state index in [0.717, 1.165) is 18.7 Å². The summed E-state index contributed by atoms with van der Waals surface area (Å²) in [6.07, 6.45) is 0.931. The van der Waals surface area contributed by atoms with Gasteiger partial charge in [-0.3, -0.25) is 0 Å². The van der Waals surface area contributed by atoms with Crippen LogP contribution in [-0.2, 0) is 6.42 Å². The van der Waals surface area contributed by atoms with E-state index in [0.29, 0.717) is 6.04 Å². The highest BCUT2D eigenvalue weighted by Crippen LogP contribution is 2.25. The largest absolute Gasteiger partial charge is 0.496 e. The molecular formula is C18H23NO. The lowest BCUT2D eigenvalue weighted by molar-refractivity contribution is 0.405. The lowest BCUT2D eigenvalue weighted by Gasteiger charge is -2.20. The third-order valence-electron chi connectivity index (χ3n) is 3.55. The molecule has 0 saturated heterocycles. The number of hydrogen-bond donors (Lipinski definition) is 1. The molecule has 0 aliphatic heterocycles. The van der Waals surface area contributed by atoms with Gasteiger partial charge in [-0.15, -0.1) is 0 Å². The van der Waals surface area contributed by atoms with Crippen molar-refractivity contribution in [3.8, 4) is 5.75 Å². The zero-order valence-corrected chi connectivity index (χ0v) is 12.5. The van der Waals surface area contributed by atoms with Gasteiger partial charge in [0, 0.05) is 6.04 Å². The van der Waals surface area contributed by atoms with E-state index in [2.05, 4.69) is 55.6 Å². The summed E-state index contributed by atoms with van der Waals surface area (Å²) in [5.74, 6) is 0.961. The van der Waals surface area contributed by atoms with E-state index >= 15 is 0 Å². The summed E-state index contributed by atoms with van der Waals surface area (Å²) < 4.78 is 5.45. The van der Waals surface area contributed by atoms with Crippen molar-refractivity contribution >= 4 is 0 Å². The standard InChI is InChI=1S/C18H23NO/c1-4-19-17(15-11-9-14(2)10-12-15)13-16-7-5-6-8-18(16)20-3/h5-12,17,19H,4,13H2,1-3H3. The van der Waals surface area contributed by atoms with Crippen molar-refractivity contribution in [1.82, 2.24) is 5.32 Å². The fourth-order valence-corrected chi connectivity index (χ4v) is 2.44. The van der Waals surface area contributed by atoms with Crippen LogP contribution in [0.2, 0.25) is 0 Å². The molecule has 0 aromatic heterocycles. The van der Waals surface area contributed by atoms with E-state index < -0.39 is 0 Å². The third kappa shape index (κ3) is 3.61. The van der Waals surface area contributed by atoms with Crippen molar-refractivity contribution in [2.24, 2.45) is 0 Å². The van der Waals surface area contributed by atoms with Crippen molar-refractivity contribution in [2.75, 3.05) is 13.7 Å². The minimum atomic E-state index is 0.317. The molecular weight excluding hydrogens is 246 g/mol. The Morgan fingerprint density at radius 3 is 2.40 bits per heavy atom. The van der Waals surface area contributed by atoms with Gasteiger partial charge in [-0.25, -0.2) is 0 Å². The van der Waals surface area contributed by atoms with Crippen LogP contribution in [0.25, 0.3) is 0 Å². The molecule has 0 radical (unpaired) electrons. The number of ether oxygens (including phenoxy) is 1. The van der Waals surface area contributed by atoms with Crippen LogP contribution >= 0.6 is 0 Å². The molecule has 2 aromatic carbocycles. The molecule has 0 saturated carbocycles. The van der Waals surface area contributed by atoms with Gasteiger partial charge in [0.15, 0.2) is 0 Å². The maximum absolute atomic E-state index is 5.45. The molecule has 0 aliphatic rings. The summed E-state index contributed by atoms with van der Waals surface area (Å²) in [7, 11) is 1.73. The molecule has 2 rings (SSSR count). The Balaban J connectivity index is 2.23. The number of nitrogens with one attached hydrogen (secondary N) is 1.